The maximum atomic E-state index is 12.6. The third kappa shape index (κ3) is 1.78. The number of fused-ring (bicyclic) bond motifs is 1. The molecule has 0 aromatic rings. The molecule has 2 bridgehead atoms. The van der Waals surface area contributed by atoms with Gasteiger partial charge in [-0.3, -0.25) is 9.59 Å². The maximum Gasteiger partial charge on any atom is 0.310 e. The average Bonchev–Trinajstić information content (AvgIpc) is 3.04. The van der Waals surface area contributed by atoms with E-state index in [4.69, 9.17) is 4.74 Å². The van der Waals surface area contributed by atoms with Crippen LogP contribution in [0.25, 0.3) is 0 Å². The lowest BCUT2D eigenvalue weighted by molar-refractivity contribution is -0.146. The van der Waals surface area contributed by atoms with Crippen LogP contribution in [0, 0.1) is 23.7 Å². The molecule has 1 saturated heterocycles. The van der Waals surface area contributed by atoms with E-state index in [0.717, 1.165) is 19.3 Å². The van der Waals surface area contributed by atoms with Gasteiger partial charge in [-0.15, -0.1) is 0 Å². The molecular weight excluding hydrogens is 322 g/mol. The minimum atomic E-state index is -0.178. The first-order valence-electron chi connectivity index (χ1n) is 7.82. The lowest BCUT2D eigenvalue weighted by Gasteiger charge is -2.30. The van der Waals surface area contributed by atoms with Gasteiger partial charge in [0.15, 0.2) is 0 Å². The lowest BCUT2D eigenvalue weighted by Crippen LogP contribution is -2.46. The Bertz CT molecular complexity index is 448. The topological polar surface area (TPSA) is 55.4 Å². The number of halogens is 1. The monoisotopic (exact) mass is 341 g/mol. The van der Waals surface area contributed by atoms with Crippen LogP contribution in [-0.4, -0.2) is 28.8 Å². The van der Waals surface area contributed by atoms with Gasteiger partial charge in [-0.1, -0.05) is 35.2 Å². The highest BCUT2D eigenvalue weighted by atomic mass is 79.9. The summed E-state index contributed by atoms with van der Waals surface area (Å²) in [6.07, 6.45) is 6.83. The van der Waals surface area contributed by atoms with Crippen LogP contribution in [0.3, 0.4) is 0 Å². The molecule has 3 saturated carbocycles. The number of carbonyl (C=O) groups excluding carboxylic acids is 2. The number of rotatable bonds is 2. The first kappa shape index (κ1) is 13.1. The molecule has 4 nitrogen and oxygen atoms in total. The van der Waals surface area contributed by atoms with Crippen molar-refractivity contribution in [2.75, 3.05) is 0 Å². The van der Waals surface area contributed by atoms with Crippen molar-refractivity contribution in [2.24, 2.45) is 23.7 Å². The van der Waals surface area contributed by atoms with Crippen LogP contribution in [-0.2, 0) is 14.3 Å². The van der Waals surface area contributed by atoms with Crippen molar-refractivity contribution in [3.8, 4) is 0 Å². The third-order valence-electron chi connectivity index (χ3n) is 5.78. The quantitative estimate of drug-likeness (QED) is 0.617. The van der Waals surface area contributed by atoms with Crippen LogP contribution >= 0.6 is 15.9 Å². The molecular formula is C15H20BrNO3. The summed E-state index contributed by atoms with van der Waals surface area (Å²) in [5, 5.41) is 3.20. The predicted molar refractivity (Wildman–Crippen MR) is 76.2 cm³/mol. The molecule has 1 heterocycles. The SMILES string of the molecule is O=C(NC1CCCCC1)[C@@H]1[C@H]2C[C@H]3[C@H](OC(=O)[C@H]31)[C@@H]2Br. The molecule has 5 heteroatoms. The summed E-state index contributed by atoms with van der Waals surface area (Å²) < 4.78 is 5.46. The van der Waals surface area contributed by atoms with Crippen molar-refractivity contribution >= 4 is 27.8 Å². The van der Waals surface area contributed by atoms with Crippen molar-refractivity contribution in [1.29, 1.82) is 0 Å². The Hall–Kier alpha value is -0.580. The van der Waals surface area contributed by atoms with Gasteiger partial charge in [0.25, 0.3) is 0 Å². The van der Waals surface area contributed by atoms with Gasteiger partial charge >= 0.3 is 5.97 Å². The molecule has 0 radical (unpaired) electrons. The smallest absolute Gasteiger partial charge is 0.310 e. The van der Waals surface area contributed by atoms with Gasteiger partial charge in [0.2, 0.25) is 5.91 Å². The summed E-state index contributed by atoms with van der Waals surface area (Å²) >= 11 is 3.65. The third-order valence-corrected chi connectivity index (χ3v) is 6.98. The van der Waals surface area contributed by atoms with Crippen molar-refractivity contribution < 1.29 is 14.3 Å². The normalized spacial score (nSPS) is 46.5. The van der Waals surface area contributed by atoms with Gasteiger partial charge < -0.3 is 10.1 Å². The number of esters is 1. The first-order chi connectivity index (χ1) is 9.66. The number of ether oxygens (including phenoxy) is 1. The summed E-state index contributed by atoms with van der Waals surface area (Å²) in [7, 11) is 0. The van der Waals surface area contributed by atoms with Crippen LogP contribution in [0.1, 0.15) is 38.5 Å². The molecule has 110 valence electrons. The lowest BCUT2D eigenvalue weighted by atomic mass is 9.79. The van der Waals surface area contributed by atoms with Crippen LogP contribution in [0.15, 0.2) is 0 Å². The summed E-state index contributed by atoms with van der Waals surface area (Å²) in [5.74, 6) is 0.133. The fourth-order valence-corrected chi connectivity index (χ4v) is 5.92. The standard InChI is InChI=1S/C15H20BrNO3/c16-12-8-6-9-11(15(19)20-13(9)12)10(8)14(18)17-7-4-2-1-3-5-7/h7-13H,1-6H2,(H,17,18)/t8-,9-,10-,11-,12-,13+/m1/s1. The number of carbonyl (C=O) groups is 2. The van der Waals surface area contributed by atoms with Gasteiger partial charge in [0.1, 0.15) is 6.10 Å². The zero-order valence-electron chi connectivity index (χ0n) is 11.4. The Morgan fingerprint density at radius 2 is 1.95 bits per heavy atom. The molecule has 20 heavy (non-hydrogen) atoms. The number of alkyl halides is 1. The van der Waals surface area contributed by atoms with E-state index in [0.29, 0.717) is 6.04 Å². The van der Waals surface area contributed by atoms with Crippen molar-refractivity contribution in [1.82, 2.24) is 5.32 Å². The number of hydrogen-bond acceptors (Lipinski definition) is 3. The van der Waals surface area contributed by atoms with Gasteiger partial charge in [-0.05, 0) is 25.2 Å². The highest BCUT2D eigenvalue weighted by Crippen LogP contribution is 2.59. The van der Waals surface area contributed by atoms with E-state index < -0.39 is 0 Å². The van der Waals surface area contributed by atoms with E-state index in [2.05, 4.69) is 21.2 Å². The van der Waals surface area contributed by atoms with Crippen molar-refractivity contribution in [3.05, 3.63) is 0 Å². The molecule has 3 aliphatic carbocycles. The molecule has 4 fully saturated rings. The fraction of sp³-hybridized carbons (Fsp3) is 0.867. The molecule has 1 N–H and O–H groups in total. The summed E-state index contributed by atoms with van der Waals surface area (Å²) in [4.78, 5) is 24.8. The minimum Gasteiger partial charge on any atom is -0.461 e. The first-order valence-corrected chi connectivity index (χ1v) is 8.73. The van der Waals surface area contributed by atoms with Crippen LogP contribution < -0.4 is 5.32 Å². The van der Waals surface area contributed by atoms with Gasteiger partial charge in [-0.25, -0.2) is 0 Å². The molecule has 0 aromatic carbocycles. The molecule has 4 rings (SSSR count). The Kier molecular flexibility index (Phi) is 3.09. The fourth-order valence-electron chi connectivity index (χ4n) is 4.87. The predicted octanol–water partition coefficient (Wildman–Crippen LogP) is 2.01. The largest absolute Gasteiger partial charge is 0.461 e. The zero-order chi connectivity index (χ0) is 13.9. The van der Waals surface area contributed by atoms with Gasteiger partial charge in [0.05, 0.1) is 16.7 Å². The summed E-state index contributed by atoms with van der Waals surface area (Å²) in [6.45, 7) is 0. The van der Waals surface area contributed by atoms with Gasteiger partial charge in [0, 0.05) is 12.0 Å². The van der Waals surface area contributed by atoms with Crippen molar-refractivity contribution in [3.63, 3.8) is 0 Å². The molecule has 6 atom stereocenters. The summed E-state index contributed by atoms with van der Waals surface area (Å²) in [5.41, 5.74) is 0. The number of hydrogen-bond donors (Lipinski definition) is 1. The summed E-state index contributed by atoms with van der Waals surface area (Å²) in [6, 6.07) is 0.317. The number of amides is 1. The van der Waals surface area contributed by atoms with Crippen molar-refractivity contribution in [2.45, 2.75) is 55.5 Å². The second-order valence-corrected chi connectivity index (χ2v) is 7.86. The minimum absolute atomic E-state index is 0.0104. The van der Waals surface area contributed by atoms with E-state index in [1.165, 1.54) is 19.3 Å². The Labute approximate surface area is 127 Å². The molecule has 0 unspecified atom stereocenters. The highest BCUT2D eigenvalue weighted by Gasteiger charge is 2.67. The Balaban J connectivity index is 1.50. The zero-order valence-corrected chi connectivity index (χ0v) is 13.0. The second kappa shape index (κ2) is 4.72. The van der Waals surface area contributed by atoms with E-state index >= 15 is 0 Å². The molecule has 0 spiro atoms. The molecule has 0 aromatic heterocycles. The van der Waals surface area contributed by atoms with Crippen LogP contribution in [0.2, 0.25) is 0 Å². The Morgan fingerprint density at radius 3 is 2.70 bits per heavy atom. The van der Waals surface area contributed by atoms with E-state index in [9.17, 15) is 9.59 Å². The second-order valence-electron chi connectivity index (χ2n) is 6.80. The molecule has 4 aliphatic rings. The van der Waals surface area contributed by atoms with E-state index in [1.807, 2.05) is 0 Å². The van der Waals surface area contributed by atoms with E-state index in [1.54, 1.807) is 0 Å². The highest BCUT2D eigenvalue weighted by molar-refractivity contribution is 9.09. The van der Waals surface area contributed by atoms with Gasteiger partial charge in [-0.2, -0.15) is 0 Å². The van der Waals surface area contributed by atoms with Crippen LogP contribution in [0.5, 0.6) is 0 Å². The van der Waals surface area contributed by atoms with E-state index in [-0.39, 0.29) is 46.5 Å². The molecule has 1 aliphatic heterocycles. The molecule has 1 amide bonds. The average molecular weight is 342 g/mol. The van der Waals surface area contributed by atoms with Crippen LogP contribution in [0.4, 0.5) is 0 Å². The Morgan fingerprint density at radius 1 is 1.20 bits per heavy atom. The maximum absolute atomic E-state index is 12.6. The number of nitrogens with one attached hydrogen (secondary N) is 1.